The predicted molar refractivity (Wildman–Crippen MR) is 76.3 cm³/mol. The fraction of sp³-hybridized carbons (Fsp3) is 0.267. The van der Waals surface area contributed by atoms with E-state index in [1.165, 1.54) is 7.11 Å². The fourth-order valence-corrected chi connectivity index (χ4v) is 2.09. The number of amides is 1. The number of carbonyl (C=O) groups is 2. The molecule has 6 heteroatoms. The Kier molecular flexibility index (Phi) is 3.43. The third-order valence-electron chi connectivity index (χ3n) is 3.39. The summed E-state index contributed by atoms with van der Waals surface area (Å²) in [5.41, 5.74) is 2.26. The number of aromatic amines is 1. The Balaban J connectivity index is 1.72. The first-order valence-corrected chi connectivity index (χ1v) is 6.72. The molecule has 1 saturated carbocycles. The molecule has 1 heterocycles. The number of aromatic nitrogens is 2. The highest BCUT2D eigenvalue weighted by molar-refractivity contribution is 6.03. The molecular formula is C15H15N3O3. The number of nitrogens with one attached hydrogen (secondary N) is 2. The molecule has 0 atom stereocenters. The second-order valence-corrected chi connectivity index (χ2v) is 5.01. The Morgan fingerprint density at radius 1 is 1.33 bits per heavy atom. The molecule has 3 rings (SSSR count). The van der Waals surface area contributed by atoms with Crippen molar-refractivity contribution in [2.24, 2.45) is 0 Å². The van der Waals surface area contributed by atoms with E-state index in [1.54, 1.807) is 30.3 Å². The van der Waals surface area contributed by atoms with Crippen LogP contribution in [0.1, 0.15) is 45.3 Å². The van der Waals surface area contributed by atoms with Crippen molar-refractivity contribution in [1.82, 2.24) is 10.2 Å². The molecule has 1 amide bonds. The van der Waals surface area contributed by atoms with Crippen LogP contribution in [-0.4, -0.2) is 29.2 Å². The van der Waals surface area contributed by atoms with Crippen LogP contribution < -0.4 is 5.32 Å². The molecule has 6 nitrogen and oxygen atoms in total. The maximum atomic E-state index is 12.1. The van der Waals surface area contributed by atoms with Crippen molar-refractivity contribution in [3.8, 4) is 0 Å². The number of benzene rings is 1. The minimum absolute atomic E-state index is 0.305. The number of rotatable bonds is 4. The van der Waals surface area contributed by atoms with Crippen LogP contribution in [0.3, 0.4) is 0 Å². The summed E-state index contributed by atoms with van der Waals surface area (Å²) in [4.78, 5) is 23.6. The van der Waals surface area contributed by atoms with Gasteiger partial charge in [0.15, 0.2) is 5.69 Å². The Bertz CT molecular complexity index is 689. The van der Waals surface area contributed by atoms with Gasteiger partial charge in [0.05, 0.1) is 12.7 Å². The van der Waals surface area contributed by atoms with Crippen LogP contribution in [0.25, 0.3) is 0 Å². The van der Waals surface area contributed by atoms with Crippen LogP contribution in [-0.2, 0) is 4.74 Å². The molecule has 21 heavy (non-hydrogen) atoms. The van der Waals surface area contributed by atoms with Gasteiger partial charge in [-0.3, -0.25) is 9.89 Å². The van der Waals surface area contributed by atoms with Crippen molar-refractivity contribution in [2.75, 3.05) is 12.4 Å². The van der Waals surface area contributed by atoms with E-state index in [-0.39, 0.29) is 5.91 Å². The number of nitrogens with zero attached hydrogens (tertiary/aromatic N) is 1. The molecule has 1 aliphatic rings. The molecule has 2 N–H and O–H groups in total. The SMILES string of the molecule is COC(=O)c1cccc(NC(=O)c2cc(C3CC3)[nH]n2)c1. The van der Waals surface area contributed by atoms with Gasteiger partial charge < -0.3 is 10.1 Å². The van der Waals surface area contributed by atoms with Crippen molar-refractivity contribution in [3.05, 3.63) is 47.3 Å². The quantitative estimate of drug-likeness (QED) is 0.844. The van der Waals surface area contributed by atoms with Gasteiger partial charge in [-0.15, -0.1) is 0 Å². The molecule has 0 spiro atoms. The maximum Gasteiger partial charge on any atom is 0.337 e. The molecule has 1 aliphatic carbocycles. The summed E-state index contributed by atoms with van der Waals surface area (Å²) in [6, 6.07) is 8.36. The van der Waals surface area contributed by atoms with Gasteiger partial charge in [-0.05, 0) is 37.1 Å². The monoisotopic (exact) mass is 285 g/mol. The van der Waals surface area contributed by atoms with E-state index in [2.05, 4.69) is 20.3 Å². The van der Waals surface area contributed by atoms with Gasteiger partial charge in [0.2, 0.25) is 0 Å². The van der Waals surface area contributed by atoms with Gasteiger partial charge in [-0.1, -0.05) is 6.07 Å². The molecule has 0 unspecified atom stereocenters. The van der Waals surface area contributed by atoms with Gasteiger partial charge in [0.25, 0.3) is 5.91 Å². The summed E-state index contributed by atoms with van der Waals surface area (Å²) in [6.45, 7) is 0. The molecule has 0 bridgehead atoms. The van der Waals surface area contributed by atoms with Gasteiger partial charge in [-0.25, -0.2) is 4.79 Å². The molecule has 1 aromatic carbocycles. The molecule has 0 radical (unpaired) electrons. The van der Waals surface area contributed by atoms with Gasteiger partial charge in [0, 0.05) is 17.3 Å². The fourth-order valence-electron chi connectivity index (χ4n) is 2.09. The summed E-state index contributed by atoms with van der Waals surface area (Å²) in [5.74, 6) is -0.233. The van der Waals surface area contributed by atoms with Crippen LogP contribution in [0.15, 0.2) is 30.3 Å². The largest absolute Gasteiger partial charge is 0.465 e. The van der Waals surface area contributed by atoms with E-state index >= 15 is 0 Å². The number of anilines is 1. The molecule has 2 aromatic rings. The van der Waals surface area contributed by atoms with Crippen LogP contribution >= 0.6 is 0 Å². The first-order valence-electron chi connectivity index (χ1n) is 6.72. The number of hydrogen-bond donors (Lipinski definition) is 2. The first kappa shape index (κ1) is 13.4. The molecule has 0 saturated heterocycles. The minimum Gasteiger partial charge on any atom is -0.465 e. The summed E-state index contributed by atoms with van der Waals surface area (Å²) in [5, 5.41) is 9.63. The van der Waals surface area contributed by atoms with Crippen molar-refractivity contribution >= 4 is 17.6 Å². The lowest BCUT2D eigenvalue weighted by Gasteiger charge is -2.05. The lowest BCUT2D eigenvalue weighted by Crippen LogP contribution is -2.13. The van der Waals surface area contributed by atoms with Crippen molar-refractivity contribution in [3.63, 3.8) is 0 Å². The van der Waals surface area contributed by atoms with Crippen molar-refractivity contribution in [2.45, 2.75) is 18.8 Å². The predicted octanol–water partition coefficient (Wildman–Crippen LogP) is 2.33. The highest BCUT2D eigenvalue weighted by Crippen LogP contribution is 2.39. The zero-order valence-corrected chi connectivity index (χ0v) is 11.6. The van der Waals surface area contributed by atoms with E-state index in [0.29, 0.717) is 22.9 Å². The number of hydrogen-bond acceptors (Lipinski definition) is 4. The first-order chi connectivity index (χ1) is 10.2. The smallest absolute Gasteiger partial charge is 0.337 e. The third-order valence-corrected chi connectivity index (χ3v) is 3.39. The molecule has 1 fully saturated rings. The Hall–Kier alpha value is -2.63. The molecule has 1 aromatic heterocycles. The summed E-state index contributed by atoms with van der Waals surface area (Å²) in [7, 11) is 1.32. The normalized spacial score (nSPS) is 13.8. The minimum atomic E-state index is -0.443. The lowest BCUT2D eigenvalue weighted by molar-refractivity contribution is 0.0600. The summed E-state index contributed by atoms with van der Waals surface area (Å²) >= 11 is 0. The zero-order valence-electron chi connectivity index (χ0n) is 11.6. The summed E-state index contributed by atoms with van der Waals surface area (Å²) < 4.78 is 4.65. The average Bonchev–Trinajstić information content (AvgIpc) is 3.23. The topological polar surface area (TPSA) is 84.1 Å². The van der Waals surface area contributed by atoms with Gasteiger partial charge in [0.1, 0.15) is 0 Å². The maximum absolute atomic E-state index is 12.1. The number of ether oxygens (including phenoxy) is 1. The highest BCUT2D eigenvalue weighted by atomic mass is 16.5. The Labute approximate surface area is 121 Å². The standard InChI is InChI=1S/C15H15N3O3/c1-21-15(20)10-3-2-4-11(7-10)16-14(19)13-8-12(17-18-13)9-5-6-9/h2-4,7-9H,5-6H2,1H3,(H,16,19)(H,17,18). The Morgan fingerprint density at radius 3 is 2.86 bits per heavy atom. The molecule has 0 aliphatic heterocycles. The van der Waals surface area contributed by atoms with Gasteiger partial charge in [-0.2, -0.15) is 5.10 Å². The van der Waals surface area contributed by atoms with Crippen LogP contribution in [0.4, 0.5) is 5.69 Å². The second-order valence-electron chi connectivity index (χ2n) is 5.01. The van der Waals surface area contributed by atoms with Crippen LogP contribution in [0, 0.1) is 0 Å². The zero-order chi connectivity index (χ0) is 14.8. The molecular weight excluding hydrogens is 270 g/mol. The van der Waals surface area contributed by atoms with E-state index in [9.17, 15) is 9.59 Å². The van der Waals surface area contributed by atoms with Crippen LogP contribution in [0.2, 0.25) is 0 Å². The summed E-state index contributed by atoms with van der Waals surface area (Å²) in [6.07, 6.45) is 2.29. The van der Waals surface area contributed by atoms with E-state index in [4.69, 9.17) is 0 Å². The third kappa shape index (κ3) is 2.94. The van der Waals surface area contributed by atoms with Crippen molar-refractivity contribution < 1.29 is 14.3 Å². The van der Waals surface area contributed by atoms with Crippen molar-refractivity contribution in [1.29, 1.82) is 0 Å². The number of carbonyl (C=O) groups excluding carboxylic acids is 2. The number of methoxy groups -OCH3 is 1. The van der Waals surface area contributed by atoms with Gasteiger partial charge >= 0.3 is 5.97 Å². The highest BCUT2D eigenvalue weighted by Gasteiger charge is 2.26. The average molecular weight is 285 g/mol. The second kappa shape index (κ2) is 5.40. The number of H-pyrrole nitrogens is 1. The Morgan fingerprint density at radius 2 is 2.14 bits per heavy atom. The lowest BCUT2D eigenvalue weighted by atomic mass is 10.2. The molecule has 108 valence electrons. The van der Waals surface area contributed by atoms with E-state index < -0.39 is 5.97 Å². The van der Waals surface area contributed by atoms with E-state index in [1.807, 2.05) is 0 Å². The van der Waals surface area contributed by atoms with E-state index in [0.717, 1.165) is 18.5 Å². The number of esters is 1. The van der Waals surface area contributed by atoms with Crippen LogP contribution in [0.5, 0.6) is 0 Å².